The van der Waals surface area contributed by atoms with Crippen molar-refractivity contribution in [2.45, 2.75) is 6.92 Å². The summed E-state index contributed by atoms with van der Waals surface area (Å²) in [6.07, 6.45) is 0. The molecule has 6 heteroatoms. The van der Waals surface area contributed by atoms with E-state index in [1.165, 1.54) is 0 Å². The molecule has 0 aromatic carbocycles. The topological polar surface area (TPSA) is 93.4 Å². The van der Waals surface area contributed by atoms with Crippen molar-refractivity contribution in [2.24, 2.45) is 5.73 Å². The molecule has 0 atom stereocenters. The second kappa shape index (κ2) is 3.79. The van der Waals surface area contributed by atoms with Gasteiger partial charge in [0.15, 0.2) is 0 Å². The quantitative estimate of drug-likeness (QED) is 0.482. The summed E-state index contributed by atoms with van der Waals surface area (Å²) < 4.78 is 4.72. The molecule has 0 spiro atoms. The van der Waals surface area contributed by atoms with E-state index < -0.39 is 12.0 Å². The number of nitrogens with one attached hydrogen (secondary N) is 2. The average Bonchev–Trinajstić information content (AvgIpc) is 2.04. The van der Waals surface area contributed by atoms with E-state index in [1.54, 1.807) is 6.92 Å². The molecule has 0 saturated heterocycles. The van der Waals surface area contributed by atoms with E-state index in [-0.39, 0.29) is 24.5 Å². The molecule has 0 saturated carbocycles. The van der Waals surface area contributed by atoms with Crippen LogP contribution in [0.4, 0.5) is 4.79 Å². The number of hydrogen-bond acceptors (Lipinski definition) is 4. The molecule has 4 N–H and O–H groups in total. The van der Waals surface area contributed by atoms with Gasteiger partial charge >= 0.3 is 12.0 Å². The predicted molar refractivity (Wildman–Crippen MR) is 44.4 cm³/mol. The van der Waals surface area contributed by atoms with E-state index in [0.717, 1.165) is 0 Å². The number of hydrogen-bond donors (Lipinski definition) is 3. The highest BCUT2D eigenvalue weighted by molar-refractivity contribution is 5.93. The summed E-state index contributed by atoms with van der Waals surface area (Å²) in [5, 5.41) is 4.69. The van der Waals surface area contributed by atoms with Crippen molar-refractivity contribution in [3.63, 3.8) is 0 Å². The molecule has 0 aliphatic carbocycles. The van der Waals surface area contributed by atoms with Gasteiger partial charge in [-0.1, -0.05) is 0 Å². The fourth-order valence-electron chi connectivity index (χ4n) is 0.906. The standard InChI is InChI=1S/C7H11N3O3/c1-2-13-6(11)4-3-9-7(12)10-5(4)8/h2-3,8H2,1H3,(H2,9,10,12). The maximum absolute atomic E-state index is 11.2. The molecule has 0 bridgehead atoms. The van der Waals surface area contributed by atoms with Crippen molar-refractivity contribution in [3.05, 3.63) is 11.4 Å². The van der Waals surface area contributed by atoms with Crippen LogP contribution in [-0.2, 0) is 9.53 Å². The Morgan fingerprint density at radius 3 is 2.92 bits per heavy atom. The zero-order valence-corrected chi connectivity index (χ0v) is 7.22. The van der Waals surface area contributed by atoms with Crippen molar-refractivity contribution in [1.82, 2.24) is 10.6 Å². The number of nitrogens with two attached hydrogens (primary N) is 1. The molecule has 1 aliphatic rings. The van der Waals surface area contributed by atoms with Crippen LogP contribution >= 0.6 is 0 Å². The molecule has 1 aliphatic heterocycles. The Labute approximate surface area is 75.1 Å². The summed E-state index contributed by atoms with van der Waals surface area (Å²) in [4.78, 5) is 21.9. The molecular formula is C7H11N3O3. The highest BCUT2D eigenvalue weighted by Gasteiger charge is 2.21. The van der Waals surface area contributed by atoms with E-state index in [2.05, 4.69) is 10.6 Å². The molecule has 72 valence electrons. The normalized spacial score (nSPS) is 16.2. The number of rotatable bonds is 2. The van der Waals surface area contributed by atoms with Gasteiger partial charge in [0, 0.05) is 0 Å². The highest BCUT2D eigenvalue weighted by Crippen LogP contribution is 2.02. The van der Waals surface area contributed by atoms with Gasteiger partial charge in [0.2, 0.25) is 0 Å². The molecule has 1 rings (SSSR count). The lowest BCUT2D eigenvalue weighted by molar-refractivity contribution is -0.138. The second-order valence-electron chi connectivity index (χ2n) is 2.42. The van der Waals surface area contributed by atoms with Crippen LogP contribution in [-0.4, -0.2) is 25.2 Å². The van der Waals surface area contributed by atoms with Gasteiger partial charge in [-0.05, 0) is 6.92 Å². The highest BCUT2D eigenvalue weighted by atomic mass is 16.5. The molecule has 1 heterocycles. The van der Waals surface area contributed by atoms with Gasteiger partial charge in [0.25, 0.3) is 0 Å². The van der Waals surface area contributed by atoms with Gasteiger partial charge in [-0.25, -0.2) is 9.59 Å². The van der Waals surface area contributed by atoms with E-state index >= 15 is 0 Å². The molecule has 2 amide bonds. The van der Waals surface area contributed by atoms with Crippen LogP contribution in [0.1, 0.15) is 6.92 Å². The Kier molecular flexibility index (Phi) is 2.73. The fraction of sp³-hybridized carbons (Fsp3) is 0.429. The lowest BCUT2D eigenvalue weighted by atomic mass is 10.2. The summed E-state index contributed by atoms with van der Waals surface area (Å²) >= 11 is 0. The number of amides is 2. The van der Waals surface area contributed by atoms with Crippen molar-refractivity contribution >= 4 is 12.0 Å². The minimum Gasteiger partial charge on any atom is -0.462 e. The first kappa shape index (κ1) is 9.37. The number of esters is 1. The minimum atomic E-state index is -0.507. The summed E-state index contributed by atoms with van der Waals surface area (Å²) in [6.45, 7) is 2.09. The first-order valence-electron chi connectivity index (χ1n) is 3.85. The van der Waals surface area contributed by atoms with E-state index in [4.69, 9.17) is 10.5 Å². The van der Waals surface area contributed by atoms with E-state index in [1.807, 2.05) is 0 Å². The summed E-state index contributed by atoms with van der Waals surface area (Å²) in [5.41, 5.74) is 5.66. The van der Waals surface area contributed by atoms with Crippen molar-refractivity contribution in [3.8, 4) is 0 Å². The summed E-state index contributed by atoms with van der Waals surface area (Å²) in [6, 6.07) is -0.412. The molecule has 0 fully saturated rings. The molecule has 6 nitrogen and oxygen atoms in total. The zero-order valence-electron chi connectivity index (χ0n) is 7.22. The van der Waals surface area contributed by atoms with Crippen LogP contribution in [0, 0.1) is 0 Å². The Hall–Kier alpha value is -1.72. The molecule has 13 heavy (non-hydrogen) atoms. The van der Waals surface area contributed by atoms with Crippen molar-refractivity contribution in [1.29, 1.82) is 0 Å². The zero-order chi connectivity index (χ0) is 9.84. The third kappa shape index (κ3) is 2.11. The van der Waals surface area contributed by atoms with Gasteiger partial charge in [-0.3, -0.25) is 5.32 Å². The number of carbonyl (C=O) groups excluding carboxylic acids is 2. The smallest absolute Gasteiger partial charge is 0.339 e. The van der Waals surface area contributed by atoms with Crippen LogP contribution in [0.2, 0.25) is 0 Å². The van der Waals surface area contributed by atoms with Crippen LogP contribution in [0.15, 0.2) is 11.4 Å². The Bertz CT molecular complexity index is 272. The Balaban J connectivity index is 2.73. The number of ether oxygens (including phenoxy) is 1. The van der Waals surface area contributed by atoms with Gasteiger partial charge < -0.3 is 15.8 Å². The number of urea groups is 1. The first-order valence-corrected chi connectivity index (χ1v) is 3.85. The minimum absolute atomic E-state index is 0.0576. The van der Waals surface area contributed by atoms with Crippen molar-refractivity contribution in [2.75, 3.05) is 13.2 Å². The molecule has 0 aromatic heterocycles. The van der Waals surface area contributed by atoms with Gasteiger partial charge in [-0.15, -0.1) is 0 Å². The van der Waals surface area contributed by atoms with Crippen LogP contribution in [0.3, 0.4) is 0 Å². The van der Waals surface area contributed by atoms with Gasteiger partial charge in [0.1, 0.15) is 5.82 Å². The molecule has 0 aromatic rings. The Morgan fingerprint density at radius 1 is 1.69 bits per heavy atom. The molecular weight excluding hydrogens is 174 g/mol. The van der Waals surface area contributed by atoms with Crippen molar-refractivity contribution < 1.29 is 14.3 Å². The largest absolute Gasteiger partial charge is 0.462 e. The Morgan fingerprint density at radius 2 is 2.38 bits per heavy atom. The summed E-state index contributed by atoms with van der Waals surface area (Å²) in [5.74, 6) is -0.449. The third-order valence-electron chi connectivity index (χ3n) is 1.52. The molecule has 0 unspecified atom stereocenters. The van der Waals surface area contributed by atoms with E-state index in [0.29, 0.717) is 0 Å². The van der Waals surface area contributed by atoms with Gasteiger partial charge in [0.05, 0.1) is 18.7 Å². The van der Waals surface area contributed by atoms with Crippen LogP contribution in [0.25, 0.3) is 0 Å². The number of carbonyl (C=O) groups is 2. The fourth-order valence-corrected chi connectivity index (χ4v) is 0.906. The molecule has 0 radical (unpaired) electrons. The maximum Gasteiger partial charge on any atom is 0.339 e. The monoisotopic (exact) mass is 185 g/mol. The first-order chi connectivity index (χ1) is 6.15. The maximum atomic E-state index is 11.2. The SMILES string of the molecule is CCOC(=O)C1=C(N)NC(=O)NC1. The lowest BCUT2D eigenvalue weighted by Crippen LogP contribution is -2.46. The van der Waals surface area contributed by atoms with Crippen LogP contribution in [0.5, 0.6) is 0 Å². The van der Waals surface area contributed by atoms with Crippen LogP contribution < -0.4 is 16.4 Å². The summed E-state index contributed by atoms with van der Waals surface area (Å²) in [7, 11) is 0. The van der Waals surface area contributed by atoms with Gasteiger partial charge in [-0.2, -0.15) is 0 Å². The van der Waals surface area contributed by atoms with E-state index in [9.17, 15) is 9.59 Å². The lowest BCUT2D eigenvalue weighted by Gasteiger charge is -2.17. The third-order valence-corrected chi connectivity index (χ3v) is 1.52. The average molecular weight is 185 g/mol. The second-order valence-corrected chi connectivity index (χ2v) is 2.42. The predicted octanol–water partition coefficient (Wildman–Crippen LogP) is -0.967.